The Bertz CT molecular complexity index is 478. The number of carbonyl (C=O) groups excluding carboxylic acids is 1. The highest BCUT2D eigenvalue weighted by atomic mass is 16.4. The van der Waals surface area contributed by atoms with Crippen LogP contribution in [0, 0.1) is 6.92 Å². The first-order valence-corrected chi connectivity index (χ1v) is 5.71. The minimum absolute atomic E-state index is 0.0598. The van der Waals surface area contributed by atoms with Crippen LogP contribution in [-0.4, -0.2) is 34.1 Å². The Morgan fingerprint density at radius 2 is 2.05 bits per heavy atom. The molecule has 3 N–H and O–H groups in total. The number of furan rings is 1. The van der Waals surface area contributed by atoms with E-state index in [0.717, 1.165) is 0 Å². The van der Waals surface area contributed by atoms with Crippen LogP contribution >= 0.6 is 0 Å². The molecule has 7 heteroatoms. The highest BCUT2D eigenvalue weighted by Gasteiger charge is 2.22. The van der Waals surface area contributed by atoms with Gasteiger partial charge < -0.3 is 19.9 Å². The Labute approximate surface area is 109 Å². The zero-order valence-electron chi connectivity index (χ0n) is 10.4. The van der Waals surface area contributed by atoms with Gasteiger partial charge in [0.2, 0.25) is 0 Å². The average molecular weight is 269 g/mol. The predicted molar refractivity (Wildman–Crippen MR) is 63.8 cm³/mol. The normalized spacial score (nSPS) is 11.8. The number of carbonyl (C=O) groups is 3. The van der Waals surface area contributed by atoms with Gasteiger partial charge in [-0.1, -0.05) is 0 Å². The van der Waals surface area contributed by atoms with Crippen LogP contribution in [0.25, 0.3) is 0 Å². The van der Waals surface area contributed by atoms with Crippen LogP contribution in [0.2, 0.25) is 0 Å². The predicted octanol–water partition coefficient (Wildman–Crippen LogP) is 1.03. The molecule has 0 unspecified atom stereocenters. The molecule has 0 saturated carbocycles. The van der Waals surface area contributed by atoms with Crippen LogP contribution in [0.1, 0.15) is 35.4 Å². The number of rotatable bonds is 7. The molecule has 0 radical (unpaired) electrons. The monoisotopic (exact) mass is 269 g/mol. The molecule has 0 aliphatic rings. The smallest absolute Gasteiger partial charge is 0.326 e. The van der Waals surface area contributed by atoms with Crippen molar-refractivity contribution in [2.75, 3.05) is 0 Å². The van der Waals surface area contributed by atoms with Gasteiger partial charge in [0.25, 0.3) is 5.91 Å². The molecule has 1 heterocycles. The molecule has 0 aromatic carbocycles. The number of aliphatic carboxylic acids is 2. The van der Waals surface area contributed by atoms with Crippen LogP contribution in [-0.2, 0) is 9.59 Å². The van der Waals surface area contributed by atoms with Gasteiger partial charge in [0.15, 0.2) is 0 Å². The molecule has 1 aromatic heterocycles. The third-order valence-electron chi connectivity index (χ3n) is 2.59. The number of amides is 1. The molecule has 0 bridgehead atoms. The van der Waals surface area contributed by atoms with E-state index in [-0.39, 0.29) is 24.8 Å². The topological polar surface area (TPSA) is 117 Å². The van der Waals surface area contributed by atoms with Gasteiger partial charge in [-0.2, -0.15) is 0 Å². The molecule has 0 aliphatic carbocycles. The summed E-state index contributed by atoms with van der Waals surface area (Å²) in [4.78, 5) is 33.1. The second-order valence-electron chi connectivity index (χ2n) is 4.04. The average Bonchev–Trinajstić information content (AvgIpc) is 2.73. The minimum Gasteiger partial charge on any atom is -0.481 e. The molecule has 104 valence electrons. The summed E-state index contributed by atoms with van der Waals surface area (Å²) in [7, 11) is 0. The molecular formula is C12H15NO6. The minimum atomic E-state index is -1.19. The van der Waals surface area contributed by atoms with Gasteiger partial charge in [0.05, 0.1) is 11.8 Å². The summed E-state index contributed by atoms with van der Waals surface area (Å²) in [6, 6.07) is 0.335. The molecule has 0 saturated heterocycles. The number of nitrogens with one attached hydrogen (secondary N) is 1. The standard InChI is InChI=1S/C12H15NO6/c1-7-8(5-6-19-7)11(16)13-9(12(17)18)3-2-4-10(14)15/h5-6,9H,2-4H2,1H3,(H,13,16)(H,14,15)(H,17,18)/t9-/m1/s1. The molecule has 0 spiro atoms. The Morgan fingerprint density at radius 3 is 2.53 bits per heavy atom. The van der Waals surface area contributed by atoms with Crippen LogP contribution in [0.15, 0.2) is 16.7 Å². The third-order valence-corrected chi connectivity index (χ3v) is 2.59. The first kappa shape index (κ1) is 14.7. The molecule has 1 atom stereocenters. The first-order valence-electron chi connectivity index (χ1n) is 5.71. The molecule has 1 amide bonds. The van der Waals surface area contributed by atoms with Crippen molar-refractivity contribution in [2.24, 2.45) is 0 Å². The first-order chi connectivity index (χ1) is 8.91. The number of aryl methyl sites for hydroxylation is 1. The van der Waals surface area contributed by atoms with Gasteiger partial charge in [-0.15, -0.1) is 0 Å². The van der Waals surface area contributed by atoms with Gasteiger partial charge in [-0.3, -0.25) is 9.59 Å². The number of hydrogen-bond donors (Lipinski definition) is 3. The largest absolute Gasteiger partial charge is 0.481 e. The van der Waals surface area contributed by atoms with E-state index in [2.05, 4.69) is 5.32 Å². The lowest BCUT2D eigenvalue weighted by Gasteiger charge is -2.13. The maximum absolute atomic E-state index is 11.8. The fraction of sp³-hybridized carbons (Fsp3) is 0.417. The van der Waals surface area contributed by atoms with Gasteiger partial charge in [0.1, 0.15) is 11.8 Å². The van der Waals surface area contributed by atoms with E-state index < -0.39 is 23.9 Å². The Hall–Kier alpha value is -2.31. The third kappa shape index (κ3) is 4.46. The van der Waals surface area contributed by atoms with E-state index >= 15 is 0 Å². The van der Waals surface area contributed by atoms with E-state index in [1.807, 2.05) is 0 Å². The molecule has 0 fully saturated rings. The maximum Gasteiger partial charge on any atom is 0.326 e. The van der Waals surface area contributed by atoms with Crippen molar-refractivity contribution in [3.05, 3.63) is 23.7 Å². The van der Waals surface area contributed by atoms with Crippen LogP contribution < -0.4 is 5.32 Å². The van der Waals surface area contributed by atoms with E-state index in [4.69, 9.17) is 14.6 Å². The second kappa shape index (κ2) is 6.58. The molecule has 1 rings (SSSR count). The van der Waals surface area contributed by atoms with E-state index in [1.165, 1.54) is 12.3 Å². The number of carboxylic acid groups (broad SMARTS) is 2. The molecular weight excluding hydrogens is 254 g/mol. The SMILES string of the molecule is Cc1occc1C(=O)N[C@H](CCCC(=O)O)C(=O)O. The lowest BCUT2D eigenvalue weighted by Crippen LogP contribution is -2.40. The van der Waals surface area contributed by atoms with Gasteiger partial charge >= 0.3 is 11.9 Å². The molecule has 7 nitrogen and oxygen atoms in total. The van der Waals surface area contributed by atoms with Crippen molar-refractivity contribution < 1.29 is 29.0 Å². The summed E-state index contributed by atoms with van der Waals surface area (Å²) in [6.07, 6.45) is 1.44. The number of carboxylic acids is 2. The van der Waals surface area contributed by atoms with Crippen molar-refractivity contribution in [3.63, 3.8) is 0 Å². The highest BCUT2D eigenvalue weighted by molar-refractivity contribution is 5.97. The lowest BCUT2D eigenvalue weighted by atomic mass is 10.1. The summed E-state index contributed by atoms with van der Waals surface area (Å²) in [5.74, 6) is -2.35. The summed E-state index contributed by atoms with van der Waals surface area (Å²) in [6.45, 7) is 1.59. The van der Waals surface area contributed by atoms with E-state index in [9.17, 15) is 14.4 Å². The van der Waals surface area contributed by atoms with Crippen LogP contribution in [0.3, 0.4) is 0 Å². The van der Waals surface area contributed by atoms with Gasteiger partial charge in [-0.25, -0.2) is 4.79 Å². The molecule has 0 aliphatic heterocycles. The zero-order chi connectivity index (χ0) is 14.4. The van der Waals surface area contributed by atoms with Crippen molar-refractivity contribution in [1.29, 1.82) is 0 Å². The zero-order valence-corrected chi connectivity index (χ0v) is 10.4. The quantitative estimate of drug-likeness (QED) is 0.680. The van der Waals surface area contributed by atoms with Crippen LogP contribution in [0.5, 0.6) is 0 Å². The van der Waals surface area contributed by atoms with Crippen LogP contribution in [0.4, 0.5) is 0 Å². The number of hydrogen-bond acceptors (Lipinski definition) is 4. The van der Waals surface area contributed by atoms with Crippen molar-refractivity contribution in [1.82, 2.24) is 5.32 Å². The summed E-state index contributed by atoms with van der Waals surface area (Å²) in [5, 5.41) is 19.8. The van der Waals surface area contributed by atoms with Gasteiger partial charge in [0, 0.05) is 6.42 Å². The maximum atomic E-state index is 11.8. The summed E-state index contributed by atoms with van der Waals surface area (Å²) < 4.78 is 4.95. The summed E-state index contributed by atoms with van der Waals surface area (Å²) in [5.41, 5.74) is 0.268. The molecule has 19 heavy (non-hydrogen) atoms. The van der Waals surface area contributed by atoms with E-state index in [0.29, 0.717) is 5.76 Å². The van der Waals surface area contributed by atoms with Crippen molar-refractivity contribution >= 4 is 17.8 Å². The fourth-order valence-electron chi connectivity index (χ4n) is 1.57. The van der Waals surface area contributed by atoms with Crippen molar-refractivity contribution in [3.8, 4) is 0 Å². The van der Waals surface area contributed by atoms with E-state index in [1.54, 1.807) is 6.92 Å². The van der Waals surface area contributed by atoms with Gasteiger partial charge in [-0.05, 0) is 25.8 Å². The summed E-state index contributed by atoms with van der Waals surface area (Å²) >= 11 is 0. The van der Waals surface area contributed by atoms with Crippen molar-refractivity contribution in [2.45, 2.75) is 32.2 Å². The lowest BCUT2D eigenvalue weighted by molar-refractivity contribution is -0.140. The second-order valence-corrected chi connectivity index (χ2v) is 4.04. The Balaban J connectivity index is 2.59. The Kier molecular flexibility index (Phi) is 5.11. The Morgan fingerprint density at radius 1 is 1.37 bits per heavy atom. The highest BCUT2D eigenvalue weighted by Crippen LogP contribution is 2.10. The fourth-order valence-corrected chi connectivity index (χ4v) is 1.57. The molecule has 1 aromatic rings.